The van der Waals surface area contributed by atoms with Crippen molar-refractivity contribution in [2.75, 3.05) is 14.2 Å². The van der Waals surface area contributed by atoms with Crippen molar-refractivity contribution >= 4 is 17.8 Å². The fraction of sp³-hybridized carbons (Fsp3) is 0.0833. The maximum Gasteiger partial charge on any atom is 0.343 e. The van der Waals surface area contributed by atoms with Crippen LogP contribution in [0.4, 0.5) is 0 Å². The summed E-state index contributed by atoms with van der Waals surface area (Å²) in [6, 6.07) is 20.8. The van der Waals surface area contributed by atoms with Gasteiger partial charge in [-0.3, -0.25) is 4.79 Å². The van der Waals surface area contributed by atoms with Gasteiger partial charge in [0.25, 0.3) is 0 Å². The SMILES string of the molecule is COc1ccc(C(=O)Oc2ccc(C(=O)C=Cc3ccccc3)cc2)cc1OC. The van der Waals surface area contributed by atoms with E-state index in [4.69, 9.17) is 14.2 Å². The van der Waals surface area contributed by atoms with Gasteiger partial charge < -0.3 is 14.2 Å². The molecule has 0 amide bonds. The Balaban J connectivity index is 1.66. The molecule has 0 saturated carbocycles. The highest BCUT2D eigenvalue weighted by Crippen LogP contribution is 2.28. The number of carbonyl (C=O) groups excluding carboxylic acids is 2. The molecule has 0 spiro atoms. The number of esters is 1. The Morgan fingerprint density at radius 3 is 2.07 bits per heavy atom. The third-order valence-corrected chi connectivity index (χ3v) is 4.20. The van der Waals surface area contributed by atoms with Crippen molar-refractivity contribution in [2.45, 2.75) is 0 Å². The largest absolute Gasteiger partial charge is 0.493 e. The molecule has 0 saturated heterocycles. The first kappa shape index (κ1) is 19.9. The molecule has 0 radical (unpaired) electrons. The van der Waals surface area contributed by atoms with Crippen LogP contribution >= 0.6 is 0 Å². The number of methoxy groups -OCH3 is 2. The van der Waals surface area contributed by atoms with Crippen LogP contribution in [-0.4, -0.2) is 26.0 Å². The Morgan fingerprint density at radius 2 is 1.41 bits per heavy atom. The predicted octanol–water partition coefficient (Wildman–Crippen LogP) is 4.82. The second-order valence-corrected chi connectivity index (χ2v) is 6.09. The van der Waals surface area contributed by atoms with Crippen molar-refractivity contribution in [3.05, 3.63) is 95.6 Å². The second-order valence-electron chi connectivity index (χ2n) is 6.09. The van der Waals surface area contributed by atoms with Gasteiger partial charge in [-0.05, 0) is 54.1 Å². The first-order valence-corrected chi connectivity index (χ1v) is 8.92. The highest BCUT2D eigenvalue weighted by Gasteiger charge is 2.13. The van der Waals surface area contributed by atoms with Gasteiger partial charge in [-0.15, -0.1) is 0 Å². The Labute approximate surface area is 169 Å². The number of allylic oxidation sites excluding steroid dienone is 1. The smallest absolute Gasteiger partial charge is 0.343 e. The van der Waals surface area contributed by atoms with Gasteiger partial charge in [0.05, 0.1) is 19.8 Å². The van der Waals surface area contributed by atoms with E-state index in [1.54, 1.807) is 48.5 Å². The van der Waals surface area contributed by atoms with E-state index in [9.17, 15) is 9.59 Å². The summed E-state index contributed by atoms with van der Waals surface area (Å²) >= 11 is 0. The number of hydrogen-bond donors (Lipinski definition) is 0. The Hall–Kier alpha value is -3.86. The van der Waals surface area contributed by atoms with Crippen molar-refractivity contribution in [3.8, 4) is 17.2 Å². The monoisotopic (exact) mass is 388 g/mol. The number of rotatable bonds is 7. The summed E-state index contributed by atoms with van der Waals surface area (Å²) in [5.74, 6) is 0.637. The van der Waals surface area contributed by atoms with Gasteiger partial charge in [0.2, 0.25) is 0 Å². The predicted molar refractivity (Wildman–Crippen MR) is 111 cm³/mol. The number of hydrogen-bond acceptors (Lipinski definition) is 5. The molecule has 0 atom stereocenters. The van der Waals surface area contributed by atoms with Crippen molar-refractivity contribution < 1.29 is 23.8 Å². The second kappa shape index (κ2) is 9.37. The van der Waals surface area contributed by atoms with Gasteiger partial charge >= 0.3 is 5.97 Å². The molecule has 0 fully saturated rings. The summed E-state index contributed by atoms with van der Waals surface area (Å²) in [6.07, 6.45) is 3.27. The van der Waals surface area contributed by atoms with Crippen molar-refractivity contribution in [1.29, 1.82) is 0 Å². The molecular weight excluding hydrogens is 368 g/mol. The van der Waals surface area contributed by atoms with Gasteiger partial charge in [-0.2, -0.15) is 0 Å². The summed E-state index contributed by atoms with van der Waals surface area (Å²) in [5, 5.41) is 0. The molecule has 3 aromatic rings. The number of benzene rings is 3. The zero-order valence-corrected chi connectivity index (χ0v) is 16.1. The molecule has 0 bridgehead atoms. The lowest BCUT2D eigenvalue weighted by atomic mass is 10.1. The molecule has 3 aromatic carbocycles. The van der Waals surface area contributed by atoms with Gasteiger partial charge in [-0.25, -0.2) is 4.79 Å². The molecule has 0 aliphatic carbocycles. The van der Waals surface area contributed by atoms with Crippen LogP contribution in [-0.2, 0) is 0 Å². The van der Waals surface area contributed by atoms with Gasteiger partial charge in [-0.1, -0.05) is 36.4 Å². The van der Waals surface area contributed by atoms with Crippen LogP contribution in [0, 0.1) is 0 Å². The molecule has 3 rings (SSSR count). The average Bonchev–Trinajstić information content (AvgIpc) is 2.78. The van der Waals surface area contributed by atoms with E-state index in [1.807, 2.05) is 30.3 Å². The lowest BCUT2D eigenvalue weighted by Crippen LogP contribution is -2.09. The Morgan fingerprint density at radius 1 is 0.759 bits per heavy atom. The zero-order chi connectivity index (χ0) is 20.6. The molecule has 146 valence electrons. The van der Waals surface area contributed by atoms with Crippen LogP contribution in [0.15, 0.2) is 78.9 Å². The van der Waals surface area contributed by atoms with Crippen LogP contribution in [0.25, 0.3) is 6.08 Å². The van der Waals surface area contributed by atoms with Gasteiger partial charge in [0, 0.05) is 5.56 Å². The van der Waals surface area contributed by atoms with Crippen LogP contribution < -0.4 is 14.2 Å². The van der Waals surface area contributed by atoms with E-state index in [0.717, 1.165) is 5.56 Å². The van der Waals surface area contributed by atoms with E-state index in [0.29, 0.717) is 28.4 Å². The zero-order valence-electron chi connectivity index (χ0n) is 16.1. The van der Waals surface area contributed by atoms with E-state index in [1.165, 1.54) is 20.3 Å². The van der Waals surface area contributed by atoms with Crippen molar-refractivity contribution in [2.24, 2.45) is 0 Å². The van der Waals surface area contributed by atoms with Crippen LogP contribution in [0.5, 0.6) is 17.2 Å². The topological polar surface area (TPSA) is 61.8 Å². The maximum atomic E-state index is 12.4. The van der Waals surface area contributed by atoms with Crippen molar-refractivity contribution in [3.63, 3.8) is 0 Å². The number of ether oxygens (including phenoxy) is 3. The molecular formula is C24H20O5. The molecule has 29 heavy (non-hydrogen) atoms. The number of carbonyl (C=O) groups is 2. The van der Waals surface area contributed by atoms with Gasteiger partial charge in [0.15, 0.2) is 17.3 Å². The summed E-state index contributed by atoms with van der Waals surface area (Å²) < 4.78 is 15.7. The third-order valence-electron chi connectivity index (χ3n) is 4.20. The van der Waals surface area contributed by atoms with E-state index >= 15 is 0 Å². The molecule has 0 unspecified atom stereocenters. The van der Waals surface area contributed by atoms with Crippen molar-refractivity contribution in [1.82, 2.24) is 0 Å². The summed E-state index contributed by atoms with van der Waals surface area (Å²) in [5.41, 5.74) is 1.78. The molecule has 0 aliphatic rings. The lowest BCUT2D eigenvalue weighted by Gasteiger charge is -2.09. The van der Waals surface area contributed by atoms with E-state index < -0.39 is 5.97 Å². The Bertz CT molecular complexity index is 1020. The normalized spacial score (nSPS) is 10.6. The molecule has 0 aromatic heterocycles. The van der Waals surface area contributed by atoms with E-state index in [2.05, 4.69) is 0 Å². The molecule has 0 N–H and O–H groups in total. The maximum absolute atomic E-state index is 12.4. The highest BCUT2D eigenvalue weighted by atomic mass is 16.5. The standard InChI is InChI=1S/C24H20O5/c1-27-22-15-11-19(16-23(22)28-2)24(26)29-20-12-9-18(10-13-20)21(25)14-8-17-6-4-3-5-7-17/h3-16H,1-2H3. The highest BCUT2D eigenvalue weighted by molar-refractivity contribution is 6.06. The third kappa shape index (κ3) is 5.11. The fourth-order valence-electron chi connectivity index (χ4n) is 2.65. The molecule has 5 heteroatoms. The van der Waals surface area contributed by atoms with Crippen LogP contribution in [0.1, 0.15) is 26.3 Å². The lowest BCUT2D eigenvalue weighted by molar-refractivity contribution is 0.0734. The minimum atomic E-state index is -0.533. The summed E-state index contributed by atoms with van der Waals surface area (Å²) in [4.78, 5) is 24.6. The fourth-order valence-corrected chi connectivity index (χ4v) is 2.65. The first-order chi connectivity index (χ1) is 14.1. The van der Waals surface area contributed by atoms with Gasteiger partial charge in [0.1, 0.15) is 5.75 Å². The average molecular weight is 388 g/mol. The van der Waals surface area contributed by atoms with Crippen LogP contribution in [0.2, 0.25) is 0 Å². The van der Waals surface area contributed by atoms with E-state index in [-0.39, 0.29) is 5.78 Å². The molecule has 0 heterocycles. The van der Waals surface area contributed by atoms with Crippen LogP contribution in [0.3, 0.4) is 0 Å². The summed E-state index contributed by atoms with van der Waals surface area (Å²) in [6.45, 7) is 0. The summed E-state index contributed by atoms with van der Waals surface area (Å²) in [7, 11) is 3.02. The first-order valence-electron chi connectivity index (χ1n) is 8.92. The molecule has 5 nitrogen and oxygen atoms in total. The minimum absolute atomic E-state index is 0.133. The quantitative estimate of drug-likeness (QED) is 0.251. The molecule has 0 aliphatic heterocycles. The Kier molecular flexibility index (Phi) is 6.43. The number of ketones is 1. The minimum Gasteiger partial charge on any atom is -0.493 e.